The molecule has 2 fully saturated rings. The van der Waals surface area contributed by atoms with E-state index in [0.29, 0.717) is 12.6 Å². The summed E-state index contributed by atoms with van der Waals surface area (Å²) in [5.41, 5.74) is 2.55. The highest BCUT2D eigenvalue weighted by Gasteiger charge is 2.18. The van der Waals surface area contributed by atoms with Crippen molar-refractivity contribution in [2.45, 2.75) is 63.5 Å². The third-order valence-electron chi connectivity index (χ3n) is 3.55. The molecule has 2 rings (SSSR count). The number of hydrogen-bond donors (Lipinski definition) is 2. The topological polar surface area (TPSA) is 50.4 Å². The van der Waals surface area contributed by atoms with Gasteiger partial charge in [0.25, 0.3) is 5.91 Å². The quantitative estimate of drug-likeness (QED) is 0.699. The van der Waals surface area contributed by atoms with Crippen LogP contribution >= 0.6 is 0 Å². The van der Waals surface area contributed by atoms with E-state index in [1.807, 2.05) is 0 Å². The highest BCUT2D eigenvalue weighted by atomic mass is 16.7. The zero-order valence-corrected chi connectivity index (χ0v) is 9.84. The van der Waals surface area contributed by atoms with E-state index in [9.17, 15) is 4.79 Å². The summed E-state index contributed by atoms with van der Waals surface area (Å²) in [6.45, 7) is 0.386. The maximum absolute atomic E-state index is 11.5. The van der Waals surface area contributed by atoms with E-state index < -0.39 is 0 Å². The third-order valence-corrected chi connectivity index (χ3v) is 3.55. The van der Waals surface area contributed by atoms with Crippen molar-refractivity contribution in [3.63, 3.8) is 0 Å². The Morgan fingerprint density at radius 3 is 2.38 bits per heavy atom. The fourth-order valence-electron chi connectivity index (χ4n) is 2.56. The minimum Gasteiger partial charge on any atom is -0.306 e. The predicted octanol–water partition coefficient (Wildman–Crippen LogP) is 1.51. The minimum atomic E-state index is -0.0428. The molecule has 0 aromatic carbocycles. The van der Waals surface area contributed by atoms with Crippen LogP contribution in [-0.2, 0) is 9.63 Å². The van der Waals surface area contributed by atoms with Crippen molar-refractivity contribution < 1.29 is 9.63 Å². The first-order chi connectivity index (χ1) is 7.84. The first-order valence-corrected chi connectivity index (χ1v) is 6.52. The number of carbonyl (C=O) groups is 1. The summed E-state index contributed by atoms with van der Waals surface area (Å²) >= 11 is 0. The van der Waals surface area contributed by atoms with Crippen LogP contribution in [0.1, 0.15) is 51.4 Å². The van der Waals surface area contributed by atoms with Gasteiger partial charge in [0.05, 0.1) is 12.6 Å². The Hall–Kier alpha value is -0.610. The van der Waals surface area contributed by atoms with Gasteiger partial charge in [0.2, 0.25) is 0 Å². The van der Waals surface area contributed by atoms with E-state index in [2.05, 4.69) is 10.8 Å². The zero-order chi connectivity index (χ0) is 11.2. The first-order valence-electron chi connectivity index (χ1n) is 6.52. The summed E-state index contributed by atoms with van der Waals surface area (Å²) in [7, 11) is 0. The van der Waals surface area contributed by atoms with Crippen LogP contribution in [0, 0.1) is 0 Å². The monoisotopic (exact) mass is 226 g/mol. The molecule has 0 unspecified atom stereocenters. The molecule has 92 valence electrons. The molecule has 16 heavy (non-hydrogen) atoms. The lowest BCUT2D eigenvalue weighted by molar-refractivity contribution is -0.137. The molecule has 2 saturated carbocycles. The molecule has 0 aromatic rings. The second-order valence-corrected chi connectivity index (χ2v) is 4.91. The van der Waals surface area contributed by atoms with E-state index >= 15 is 0 Å². The lowest BCUT2D eigenvalue weighted by Gasteiger charge is -2.14. The van der Waals surface area contributed by atoms with E-state index in [0.717, 1.165) is 12.8 Å². The van der Waals surface area contributed by atoms with Crippen molar-refractivity contribution in [1.29, 1.82) is 0 Å². The highest BCUT2D eigenvalue weighted by molar-refractivity contribution is 5.76. The van der Waals surface area contributed by atoms with Crippen LogP contribution in [0.15, 0.2) is 0 Å². The number of amides is 1. The van der Waals surface area contributed by atoms with E-state index in [4.69, 9.17) is 4.84 Å². The molecule has 4 nitrogen and oxygen atoms in total. The summed E-state index contributed by atoms with van der Waals surface area (Å²) in [5, 5.41) is 3.26. The summed E-state index contributed by atoms with van der Waals surface area (Å²) in [6.07, 6.45) is 9.84. The fraction of sp³-hybridized carbons (Fsp3) is 0.917. The molecule has 2 aliphatic carbocycles. The van der Waals surface area contributed by atoms with Crippen molar-refractivity contribution >= 4 is 5.91 Å². The molecule has 4 heteroatoms. The van der Waals surface area contributed by atoms with Gasteiger partial charge in [-0.1, -0.05) is 25.7 Å². The van der Waals surface area contributed by atoms with Crippen molar-refractivity contribution in [1.82, 2.24) is 10.8 Å². The molecule has 0 aliphatic heterocycles. The van der Waals surface area contributed by atoms with Crippen molar-refractivity contribution in [3.8, 4) is 0 Å². The third kappa shape index (κ3) is 3.76. The lowest BCUT2D eigenvalue weighted by atomic mass is 10.2. The number of hydroxylamine groups is 1. The molecule has 0 radical (unpaired) electrons. The molecule has 2 N–H and O–H groups in total. The summed E-state index contributed by atoms with van der Waals surface area (Å²) < 4.78 is 0. The van der Waals surface area contributed by atoms with Gasteiger partial charge in [0, 0.05) is 6.04 Å². The number of nitrogens with one attached hydrogen (secondary N) is 2. The zero-order valence-electron chi connectivity index (χ0n) is 9.84. The van der Waals surface area contributed by atoms with E-state index in [1.165, 1.54) is 38.5 Å². The molecule has 0 bridgehead atoms. The molecular formula is C12H22N2O2. The Morgan fingerprint density at radius 2 is 1.69 bits per heavy atom. The van der Waals surface area contributed by atoms with Crippen LogP contribution < -0.4 is 10.8 Å². The van der Waals surface area contributed by atoms with Gasteiger partial charge in [-0.15, -0.1) is 0 Å². The maximum Gasteiger partial charge on any atom is 0.257 e. The van der Waals surface area contributed by atoms with Gasteiger partial charge < -0.3 is 5.32 Å². The SMILES string of the molecule is O=C(CNC1CCCC1)NOC1CCCC1. The van der Waals surface area contributed by atoms with Gasteiger partial charge in [-0.3, -0.25) is 9.63 Å². The van der Waals surface area contributed by atoms with Gasteiger partial charge in [-0.2, -0.15) is 0 Å². The van der Waals surface area contributed by atoms with Gasteiger partial charge in [-0.25, -0.2) is 5.48 Å². The second-order valence-electron chi connectivity index (χ2n) is 4.91. The average Bonchev–Trinajstić information content (AvgIpc) is 2.96. The van der Waals surface area contributed by atoms with Crippen LogP contribution in [0.3, 0.4) is 0 Å². The summed E-state index contributed by atoms with van der Waals surface area (Å²) in [5.74, 6) is -0.0428. The van der Waals surface area contributed by atoms with Crippen molar-refractivity contribution in [2.24, 2.45) is 0 Å². The molecule has 0 atom stereocenters. The molecule has 0 spiro atoms. The number of rotatable bonds is 5. The van der Waals surface area contributed by atoms with Gasteiger partial charge >= 0.3 is 0 Å². The average molecular weight is 226 g/mol. The maximum atomic E-state index is 11.5. The van der Waals surface area contributed by atoms with Crippen LogP contribution in [-0.4, -0.2) is 24.6 Å². The molecule has 0 saturated heterocycles. The standard InChI is InChI=1S/C12H22N2O2/c15-12(9-13-10-5-1-2-6-10)14-16-11-7-3-4-8-11/h10-11,13H,1-9H2,(H,14,15). The first kappa shape index (κ1) is 11.9. The smallest absolute Gasteiger partial charge is 0.257 e. The molecule has 0 aromatic heterocycles. The highest BCUT2D eigenvalue weighted by Crippen LogP contribution is 2.20. The van der Waals surface area contributed by atoms with E-state index in [-0.39, 0.29) is 12.0 Å². The summed E-state index contributed by atoms with van der Waals surface area (Å²) in [6, 6.07) is 0.539. The van der Waals surface area contributed by atoms with Crippen molar-refractivity contribution in [3.05, 3.63) is 0 Å². The van der Waals surface area contributed by atoms with Crippen LogP contribution in [0.25, 0.3) is 0 Å². The number of carbonyl (C=O) groups excluding carboxylic acids is 1. The van der Waals surface area contributed by atoms with Crippen LogP contribution in [0.5, 0.6) is 0 Å². The molecule has 0 heterocycles. The van der Waals surface area contributed by atoms with Gasteiger partial charge in [0.15, 0.2) is 0 Å². The van der Waals surface area contributed by atoms with E-state index in [1.54, 1.807) is 0 Å². The minimum absolute atomic E-state index is 0.0428. The lowest BCUT2D eigenvalue weighted by Crippen LogP contribution is -2.39. The molecule has 1 amide bonds. The van der Waals surface area contributed by atoms with Gasteiger partial charge in [-0.05, 0) is 25.7 Å². The molecular weight excluding hydrogens is 204 g/mol. The van der Waals surface area contributed by atoms with Crippen LogP contribution in [0.2, 0.25) is 0 Å². The van der Waals surface area contributed by atoms with Crippen molar-refractivity contribution in [2.75, 3.05) is 6.54 Å². The Labute approximate surface area is 97.1 Å². The predicted molar refractivity (Wildman–Crippen MR) is 61.7 cm³/mol. The molecule has 2 aliphatic rings. The fourth-order valence-corrected chi connectivity index (χ4v) is 2.56. The summed E-state index contributed by atoms with van der Waals surface area (Å²) in [4.78, 5) is 16.8. The second kappa shape index (κ2) is 6.21. The van der Waals surface area contributed by atoms with Crippen LogP contribution in [0.4, 0.5) is 0 Å². The number of hydrogen-bond acceptors (Lipinski definition) is 3. The Bertz CT molecular complexity index is 199. The Morgan fingerprint density at radius 1 is 1.06 bits per heavy atom. The Balaban J connectivity index is 1.53. The Kier molecular flexibility index (Phi) is 4.60. The largest absolute Gasteiger partial charge is 0.306 e. The van der Waals surface area contributed by atoms with Gasteiger partial charge in [0.1, 0.15) is 0 Å². The normalized spacial score (nSPS) is 22.8.